The third kappa shape index (κ3) is 2.16. The molecule has 2 aliphatic rings. The van der Waals surface area contributed by atoms with Crippen molar-refractivity contribution in [3.05, 3.63) is 29.3 Å². The fourth-order valence-corrected chi connectivity index (χ4v) is 3.71. The van der Waals surface area contributed by atoms with Gasteiger partial charge in [0.05, 0.1) is 6.61 Å². The molecular weight excluding hydrogens is 234 g/mol. The van der Waals surface area contributed by atoms with Crippen molar-refractivity contribution in [1.82, 2.24) is 5.32 Å². The van der Waals surface area contributed by atoms with Gasteiger partial charge < -0.3 is 10.1 Å². The molecule has 1 aromatic rings. The first kappa shape index (κ1) is 13.0. The Morgan fingerprint density at radius 3 is 2.95 bits per heavy atom. The van der Waals surface area contributed by atoms with Gasteiger partial charge in [0.25, 0.3) is 0 Å². The Morgan fingerprint density at radius 2 is 2.11 bits per heavy atom. The fourth-order valence-electron chi connectivity index (χ4n) is 3.71. The average molecular weight is 259 g/mol. The molecule has 19 heavy (non-hydrogen) atoms. The lowest BCUT2D eigenvalue weighted by Crippen LogP contribution is -2.46. The molecule has 104 valence electrons. The highest BCUT2D eigenvalue weighted by Gasteiger charge is 2.39. The van der Waals surface area contributed by atoms with Gasteiger partial charge in [-0.2, -0.15) is 0 Å². The lowest BCUT2D eigenvalue weighted by atomic mass is 9.75. The summed E-state index contributed by atoms with van der Waals surface area (Å²) in [6.07, 6.45) is 6.25. The number of benzene rings is 1. The largest absolute Gasteiger partial charge is 0.493 e. The van der Waals surface area contributed by atoms with Crippen LogP contribution < -0.4 is 10.1 Å². The van der Waals surface area contributed by atoms with Gasteiger partial charge in [-0.15, -0.1) is 0 Å². The monoisotopic (exact) mass is 259 g/mol. The minimum Gasteiger partial charge on any atom is -0.493 e. The molecule has 0 amide bonds. The summed E-state index contributed by atoms with van der Waals surface area (Å²) in [5, 5.41) is 3.86. The predicted molar refractivity (Wildman–Crippen MR) is 78.6 cm³/mol. The lowest BCUT2D eigenvalue weighted by Gasteiger charge is -2.39. The molecule has 1 saturated heterocycles. The minimum absolute atomic E-state index is 0.103. The summed E-state index contributed by atoms with van der Waals surface area (Å²) in [6.45, 7) is 6.65. The van der Waals surface area contributed by atoms with Crippen LogP contribution in [0.25, 0.3) is 0 Å². The summed E-state index contributed by atoms with van der Waals surface area (Å²) in [7, 11) is 0. The highest BCUT2D eigenvalue weighted by atomic mass is 16.5. The van der Waals surface area contributed by atoms with Gasteiger partial charge in [-0.1, -0.05) is 44.9 Å². The van der Waals surface area contributed by atoms with Gasteiger partial charge in [0.15, 0.2) is 0 Å². The van der Waals surface area contributed by atoms with Gasteiger partial charge in [-0.05, 0) is 30.9 Å². The first-order valence-electron chi connectivity index (χ1n) is 7.74. The third-order valence-corrected chi connectivity index (χ3v) is 4.87. The maximum atomic E-state index is 5.96. The Kier molecular flexibility index (Phi) is 3.53. The first-order chi connectivity index (χ1) is 9.24. The fraction of sp³-hybridized carbons (Fsp3) is 0.647. The standard InChI is InChI=1S/C17H25NO/c1-13(2)17(10-4-3-5-11-18-17)15-8-6-7-14-9-12-19-16(14)15/h6-8,13,18H,3-5,9-12H2,1-2H3. The SMILES string of the molecule is CC(C)C1(c2cccc3c2OCC3)CCCCCN1. The van der Waals surface area contributed by atoms with E-state index in [0.717, 1.165) is 19.6 Å². The van der Waals surface area contributed by atoms with Crippen LogP contribution in [0.1, 0.15) is 50.7 Å². The summed E-state index contributed by atoms with van der Waals surface area (Å²) < 4.78 is 5.96. The minimum atomic E-state index is 0.103. The van der Waals surface area contributed by atoms with E-state index in [4.69, 9.17) is 4.74 Å². The third-order valence-electron chi connectivity index (χ3n) is 4.87. The second-order valence-electron chi connectivity index (χ2n) is 6.26. The van der Waals surface area contributed by atoms with Gasteiger partial charge in [0.1, 0.15) is 5.75 Å². The van der Waals surface area contributed by atoms with Gasteiger partial charge >= 0.3 is 0 Å². The van der Waals surface area contributed by atoms with Crippen LogP contribution in [-0.2, 0) is 12.0 Å². The van der Waals surface area contributed by atoms with Gasteiger partial charge in [0.2, 0.25) is 0 Å². The molecular formula is C17H25NO. The van der Waals surface area contributed by atoms with Crippen molar-refractivity contribution >= 4 is 0 Å². The molecule has 1 atom stereocenters. The van der Waals surface area contributed by atoms with E-state index in [-0.39, 0.29) is 5.54 Å². The van der Waals surface area contributed by atoms with Crippen molar-refractivity contribution in [2.75, 3.05) is 13.2 Å². The Hall–Kier alpha value is -1.02. The lowest BCUT2D eigenvalue weighted by molar-refractivity contribution is 0.221. The summed E-state index contributed by atoms with van der Waals surface area (Å²) in [5.74, 6) is 1.76. The normalized spacial score (nSPS) is 26.9. The van der Waals surface area contributed by atoms with Gasteiger partial charge in [-0.25, -0.2) is 0 Å². The van der Waals surface area contributed by atoms with Crippen LogP contribution in [0.4, 0.5) is 0 Å². The van der Waals surface area contributed by atoms with Crippen molar-refractivity contribution in [3.63, 3.8) is 0 Å². The van der Waals surface area contributed by atoms with Crippen LogP contribution in [0.3, 0.4) is 0 Å². The van der Waals surface area contributed by atoms with E-state index in [1.165, 1.54) is 42.6 Å². The number of rotatable bonds is 2. The molecule has 2 heterocycles. The van der Waals surface area contributed by atoms with Gasteiger partial charge in [-0.3, -0.25) is 0 Å². The second kappa shape index (κ2) is 5.16. The quantitative estimate of drug-likeness (QED) is 0.875. The number of hydrogen-bond donors (Lipinski definition) is 1. The van der Waals surface area contributed by atoms with Crippen molar-refractivity contribution in [3.8, 4) is 5.75 Å². The van der Waals surface area contributed by atoms with E-state index in [0.29, 0.717) is 5.92 Å². The van der Waals surface area contributed by atoms with Crippen LogP contribution in [0, 0.1) is 5.92 Å². The van der Waals surface area contributed by atoms with Crippen LogP contribution in [0.5, 0.6) is 5.75 Å². The summed E-state index contributed by atoms with van der Waals surface area (Å²) in [5.41, 5.74) is 2.90. The van der Waals surface area contributed by atoms with E-state index < -0.39 is 0 Å². The van der Waals surface area contributed by atoms with Crippen molar-refractivity contribution < 1.29 is 4.74 Å². The van der Waals surface area contributed by atoms with E-state index in [9.17, 15) is 0 Å². The topological polar surface area (TPSA) is 21.3 Å². The molecule has 0 aromatic heterocycles. The maximum absolute atomic E-state index is 5.96. The highest BCUT2D eigenvalue weighted by Crippen LogP contribution is 2.43. The van der Waals surface area contributed by atoms with Crippen LogP contribution in [0.2, 0.25) is 0 Å². The summed E-state index contributed by atoms with van der Waals surface area (Å²) in [4.78, 5) is 0. The molecule has 2 nitrogen and oxygen atoms in total. The molecule has 1 unspecified atom stereocenters. The molecule has 0 spiro atoms. The molecule has 3 rings (SSSR count). The van der Waals surface area contributed by atoms with Gasteiger partial charge in [0, 0.05) is 17.5 Å². The zero-order chi connectivity index (χ0) is 13.3. The van der Waals surface area contributed by atoms with E-state index in [2.05, 4.69) is 37.4 Å². The zero-order valence-corrected chi connectivity index (χ0v) is 12.2. The first-order valence-corrected chi connectivity index (χ1v) is 7.74. The molecule has 1 fully saturated rings. The van der Waals surface area contributed by atoms with Crippen LogP contribution in [-0.4, -0.2) is 13.2 Å². The predicted octanol–water partition coefficient (Wildman–Crippen LogP) is 3.64. The molecule has 2 aliphatic heterocycles. The van der Waals surface area contributed by atoms with Crippen LogP contribution >= 0.6 is 0 Å². The summed E-state index contributed by atoms with van der Waals surface area (Å²) >= 11 is 0. The molecule has 2 heteroatoms. The molecule has 0 bridgehead atoms. The smallest absolute Gasteiger partial charge is 0.127 e. The Labute approximate surface area is 116 Å². The molecule has 1 aromatic carbocycles. The van der Waals surface area contributed by atoms with E-state index in [1.54, 1.807) is 0 Å². The molecule has 0 saturated carbocycles. The Morgan fingerprint density at radius 1 is 1.21 bits per heavy atom. The number of nitrogens with one attached hydrogen (secondary N) is 1. The average Bonchev–Trinajstić information content (AvgIpc) is 2.74. The number of fused-ring (bicyclic) bond motifs is 1. The second-order valence-corrected chi connectivity index (χ2v) is 6.26. The molecule has 0 aliphatic carbocycles. The van der Waals surface area contributed by atoms with Crippen molar-refractivity contribution in [2.45, 2.75) is 51.5 Å². The molecule has 0 radical (unpaired) electrons. The zero-order valence-electron chi connectivity index (χ0n) is 12.2. The van der Waals surface area contributed by atoms with Crippen molar-refractivity contribution in [2.24, 2.45) is 5.92 Å². The number of ether oxygens (including phenoxy) is 1. The number of hydrogen-bond acceptors (Lipinski definition) is 2. The maximum Gasteiger partial charge on any atom is 0.127 e. The highest BCUT2D eigenvalue weighted by molar-refractivity contribution is 5.48. The Balaban J connectivity index is 2.07. The van der Waals surface area contributed by atoms with E-state index >= 15 is 0 Å². The summed E-state index contributed by atoms with van der Waals surface area (Å²) in [6, 6.07) is 6.71. The van der Waals surface area contributed by atoms with Crippen LogP contribution in [0.15, 0.2) is 18.2 Å². The van der Waals surface area contributed by atoms with E-state index in [1.807, 2.05) is 0 Å². The van der Waals surface area contributed by atoms with Crippen molar-refractivity contribution in [1.29, 1.82) is 0 Å². The number of para-hydroxylation sites is 1. The molecule has 1 N–H and O–H groups in total. The Bertz CT molecular complexity index is 445.